The van der Waals surface area contributed by atoms with Crippen LogP contribution < -0.4 is 14.8 Å². The normalized spacial score (nSPS) is 11.1. The van der Waals surface area contributed by atoms with Gasteiger partial charge in [0.05, 0.1) is 37.1 Å². The molecule has 164 valence electrons. The van der Waals surface area contributed by atoms with Crippen molar-refractivity contribution in [3.63, 3.8) is 0 Å². The number of amides is 1. The van der Waals surface area contributed by atoms with Crippen molar-refractivity contribution in [2.24, 2.45) is 0 Å². The van der Waals surface area contributed by atoms with Crippen LogP contribution in [0.15, 0.2) is 54.7 Å². The van der Waals surface area contributed by atoms with E-state index in [0.717, 1.165) is 16.8 Å². The molecule has 1 amide bonds. The van der Waals surface area contributed by atoms with Crippen molar-refractivity contribution in [2.75, 3.05) is 19.5 Å². The van der Waals surface area contributed by atoms with Gasteiger partial charge in [-0.2, -0.15) is 5.10 Å². The summed E-state index contributed by atoms with van der Waals surface area (Å²) in [5.41, 5.74) is 4.59. The molecule has 2 aromatic heterocycles. The van der Waals surface area contributed by atoms with Gasteiger partial charge < -0.3 is 14.8 Å². The smallest absolute Gasteiger partial charge is 0.256 e. The number of benzene rings is 2. The van der Waals surface area contributed by atoms with Gasteiger partial charge in [0.25, 0.3) is 5.91 Å². The number of rotatable bonds is 6. The Hall–Kier alpha value is -3.87. The van der Waals surface area contributed by atoms with Crippen LogP contribution in [0, 0.1) is 6.92 Å². The molecule has 2 heterocycles. The highest BCUT2D eigenvalue weighted by Gasteiger charge is 2.19. The second kappa shape index (κ2) is 8.70. The van der Waals surface area contributed by atoms with Gasteiger partial charge >= 0.3 is 0 Å². The van der Waals surface area contributed by atoms with Crippen molar-refractivity contribution in [1.29, 1.82) is 0 Å². The highest BCUT2D eigenvalue weighted by molar-refractivity contribution is 6.12. The maximum absolute atomic E-state index is 13.4. The van der Waals surface area contributed by atoms with Crippen LogP contribution in [0.1, 0.15) is 35.8 Å². The summed E-state index contributed by atoms with van der Waals surface area (Å²) in [5.74, 6) is 0.887. The van der Waals surface area contributed by atoms with E-state index < -0.39 is 0 Å². The van der Waals surface area contributed by atoms with E-state index in [-0.39, 0.29) is 11.9 Å². The Labute approximate surface area is 187 Å². The van der Waals surface area contributed by atoms with Crippen LogP contribution in [0.5, 0.6) is 11.5 Å². The van der Waals surface area contributed by atoms with Crippen LogP contribution in [-0.2, 0) is 0 Å². The Morgan fingerprint density at radius 3 is 2.47 bits per heavy atom. The molecule has 0 aliphatic carbocycles. The maximum Gasteiger partial charge on any atom is 0.256 e. The quantitative estimate of drug-likeness (QED) is 0.452. The predicted octanol–water partition coefficient (Wildman–Crippen LogP) is 5.26. The number of nitrogens with one attached hydrogen (secondary N) is 1. The fourth-order valence-corrected chi connectivity index (χ4v) is 3.69. The van der Waals surface area contributed by atoms with E-state index in [1.807, 2.05) is 55.8 Å². The molecule has 0 aliphatic rings. The molecule has 0 radical (unpaired) electrons. The Morgan fingerprint density at radius 2 is 1.78 bits per heavy atom. The number of methoxy groups -OCH3 is 2. The molecule has 0 unspecified atom stereocenters. The van der Waals surface area contributed by atoms with Gasteiger partial charge in [0.15, 0.2) is 17.1 Å². The largest absolute Gasteiger partial charge is 0.493 e. The molecule has 0 aliphatic heterocycles. The zero-order chi connectivity index (χ0) is 22.8. The van der Waals surface area contributed by atoms with Crippen LogP contribution in [0.2, 0.25) is 0 Å². The SMILES string of the molecule is COc1ccc(NC(=O)c2cc(-c3ccccc3C)nc3c2cnn3C(C)C)cc1OC. The van der Waals surface area contributed by atoms with Gasteiger partial charge in [-0.1, -0.05) is 24.3 Å². The first-order valence-corrected chi connectivity index (χ1v) is 10.4. The summed E-state index contributed by atoms with van der Waals surface area (Å²) < 4.78 is 12.5. The summed E-state index contributed by atoms with van der Waals surface area (Å²) in [6, 6.07) is 15.2. The number of pyridine rings is 1. The number of hydrogen-bond acceptors (Lipinski definition) is 5. The summed E-state index contributed by atoms with van der Waals surface area (Å²) in [6.07, 6.45) is 1.70. The van der Waals surface area contributed by atoms with Crippen molar-refractivity contribution in [3.05, 3.63) is 65.9 Å². The molecule has 0 saturated carbocycles. The molecule has 1 N–H and O–H groups in total. The molecule has 0 atom stereocenters. The van der Waals surface area contributed by atoms with Crippen molar-refractivity contribution in [1.82, 2.24) is 14.8 Å². The van der Waals surface area contributed by atoms with Gasteiger partial charge in [0.1, 0.15) is 0 Å². The number of carbonyl (C=O) groups excluding carboxylic acids is 1. The minimum absolute atomic E-state index is 0.105. The number of hydrogen-bond donors (Lipinski definition) is 1. The Morgan fingerprint density at radius 1 is 1.03 bits per heavy atom. The van der Waals surface area contributed by atoms with Crippen LogP contribution in [0.4, 0.5) is 5.69 Å². The first-order valence-electron chi connectivity index (χ1n) is 10.4. The molecule has 7 heteroatoms. The average molecular weight is 431 g/mol. The van der Waals surface area contributed by atoms with E-state index >= 15 is 0 Å². The number of fused-ring (bicyclic) bond motifs is 1. The Balaban J connectivity index is 1.82. The lowest BCUT2D eigenvalue weighted by Gasteiger charge is -2.13. The van der Waals surface area contributed by atoms with E-state index in [1.54, 1.807) is 38.6 Å². The third-order valence-corrected chi connectivity index (χ3v) is 5.36. The molecule has 32 heavy (non-hydrogen) atoms. The van der Waals surface area contributed by atoms with E-state index in [4.69, 9.17) is 14.5 Å². The highest BCUT2D eigenvalue weighted by Crippen LogP contribution is 2.31. The number of aryl methyl sites for hydroxylation is 1. The Kier molecular flexibility index (Phi) is 5.81. The van der Waals surface area contributed by atoms with Crippen LogP contribution in [0.3, 0.4) is 0 Å². The van der Waals surface area contributed by atoms with Gasteiger partial charge in [-0.05, 0) is 44.5 Å². The summed E-state index contributed by atoms with van der Waals surface area (Å²) in [5, 5.41) is 8.16. The molecule has 2 aromatic carbocycles. The summed E-state index contributed by atoms with van der Waals surface area (Å²) in [6.45, 7) is 6.11. The van der Waals surface area contributed by atoms with E-state index in [2.05, 4.69) is 10.4 Å². The van der Waals surface area contributed by atoms with Crippen molar-refractivity contribution >= 4 is 22.6 Å². The number of carbonyl (C=O) groups is 1. The number of aromatic nitrogens is 3. The third kappa shape index (κ3) is 3.89. The molecule has 4 rings (SSSR count). The maximum atomic E-state index is 13.4. The first kappa shape index (κ1) is 21.4. The van der Waals surface area contributed by atoms with Gasteiger partial charge in [0, 0.05) is 23.4 Å². The van der Waals surface area contributed by atoms with E-state index in [0.29, 0.717) is 33.8 Å². The molecule has 0 spiro atoms. The fraction of sp³-hybridized carbons (Fsp3) is 0.240. The lowest BCUT2D eigenvalue weighted by molar-refractivity contribution is 0.102. The highest BCUT2D eigenvalue weighted by atomic mass is 16.5. The second-order valence-electron chi connectivity index (χ2n) is 7.81. The number of ether oxygens (including phenoxy) is 2. The van der Waals surface area contributed by atoms with Gasteiger partial charge in [-0.3, -0.25) is 4.79 Å². The van der Waals surface area contributed by atoms with Crippen molar-refractivity contribution < 1.29 is 14.3 Å². The average Bonchev–Trinajstić information content (AvgIpc) is 3.23. The molecule has 0 saturated heterocycles. The van der Waals surface area contributed by atoms with E-state index in [9.17, 15) is 4.79 Å². The minimum Gasteiger partial charge on any atom is -0.493 e. The topological polar surface area (TPSA) is 78.3 Å². The zero-order valence-corrected chi connectivity index (χ0v) is 18.8. The summed E-state index contributed by atoms with van der Waals surface area (Å²) >= 11 is 0. The predicted molar refractivity (Wildman–Crippen MR) is 126 cm³/mol. The fourth-order valence-electron chi connectivity index (χ4n) is 3.69. The van der Waals surface area contributed by atoms with Crippen LogP contribution in [0.25, 0.3) is 22.3 Å². The number of anilines is 1. The molecule has 7 nitrogen and oxygen atoms in total. The van der Waals surface area contributed by atoms with Crippen molar-refractivity contribution in [3.8, 4) is 22.8 Å². The van der Waals surface area contributed by atoms with Crippen LogP contribution in [-0.4, -0.2) is 34.9 Å². The molecular weight excluding hydrogens is 404 g/mol. The molecule has 0 bridgehead atoms. The van der Waals surface area contributed by atoms with Gasteiger partial charge in [-0.25, -0.2) is 9.67 Å². The molecule has 0 fully saturated rings. The molecule has 4 aromatic rings. The van der Waals surface area contributed by atoms with E-state index in [1.165, 1.54) is 0 Å². The Bertz CT molecular complexity index is 1290. The minimum atomic E-state index is -0.247. The van der Waals surface area contributed by atoms with Crippen LogP contribution >= 0.6 is 0 Å². The summed E-state index contributed by atoms with van der Waals surface area (Å²) in [4.78, 5) is 18.3. The monoisotopic (exact) mass is 430 g/mol. The standard InChI is InChI=1S/C25H26N4O3/c1-15(2)29-24-20(14-26-29)19(13-21(28-24)18-9-7-6-8-16(18)3)25(30)27-17-10-11-22(31-4)23(12-17)32-5/h6-15H,1-5H3,(H,27,30). The van der Waals surface area contributed by atoms with Crippen molar-refractivity contribution in [2.45, 2.75) is 26.8 Å². The zero-order valence-electron chi connectivity index (χ0n) is 18.8. The lowest BCUT2D eigenvalue weighted by atomic mass is 10.0. The molecular formula is C25H26N4O3. The third-order valence-electron chi connectivity index (χ3n) is 5.36. The van der Waals surface area contributed by atoms with Gasteiger partial charge in [0.2, 0.25) is 0 Å². The van der Waals surface area contributed by atoms with Gasteiger partial charge in [-0.15, -0.1) is 0 Å². The first-order chi connectivity index (χ1) is 15.4. The number of nitrogens with zero attached hydrogens (tertiary/aromatic N) is 3. The lowest BCUT2D eigenvalue weighted by Crippen LogP contribution is -2.13. The summed E-state index contributed by atoms with van der Waals surface area (Å²) in [7, 11) is 3.13. The second-order valence-corrected chi connectivity index (χ2v) is 7.81.